The van der Waals surface area contributed by atoms with Crippen LogP contribution < -0.4 is 4.90 Å². The molecule has 144 valence electrons. The van der Waals surface area contributed by atoms with Crippen molar-refractivity contribution in [2.24, 2.45) is 0 Å². The molecular weight excluding hydrogens is 376 g/mol. The fourth-order valence-corrected chi connectivity index (χ4v) is 3.69. The molecule has 1 fully saturated rings. The van der Waals surface area contributed by atoms with E-state index in [0.29, 0.717) is 30.4 Å². The maximum atomic E-state index is 12.8. The lowest BCUT2D eigenvalue weighted by molar-refractivity contribution is 0.0742. The number of carbonyl (C=O) groups is 1. The summed E-state index contributed by atoms with van der Waals surface area (Å²) in [5, 5.41) is 4.68. The van der Waals surface area contributed by atoms with Gasteiger partial charge < -0.3 is 14.3 Å². The lowest BCUT2D eigenvalue weighted by Gasteiger charge is -2.35. The van der Waals surface area contributed by atoms with Crippen LogP contribution in [-0.4, -0.2) is 63.4 Å². The number of piperazine rings is 1. The monoisotopic (exact) mass is 396 g/mol. The molecule has 1 aliphatic heterocycles. The molecule has 0 aromatic carbocycles. The van der Waals surface area contributed by atoms with Crippen molar-refractivity contribution in [3.05, 3.63) is 48.1 Å². The van der Waals surface area contributed by atoms with Crippen molar-refractivity contribution in [1.29, 1.82) is 0 Å². The van der Waals surface area contributed by atoms with Crippen LogP contribution in [0, 0.1) is 6.92 Å². The summed E-state index contributed by atoms with van der Waals surface area (Å²) in [6.45, 7) is 4.51. The zero-order valence-electron chi connectivity index (χ0n) is 15.7. The Morgan fingerprint density at radius 3 is 2.61 bits per heavy atom. The summed E-state index contributed by atoms with van der Waals surface area (Å²) in [7, 11) is 0. The number of pyridine rings is 2. The molecule has 4 rings (SSSR count). The number of rotatable bonds is 4. The minimum absolute atomic E-state index is 0.0351. The van der Waals surface area contributed by atoms with Crippen molar-refractivity contribution in [3.8, 4) is 11.4 Å². The predicted molar refractivity (Wildman–Crippen MR) is 106 cm³/mol. The van der Waals surface area contributed by atoms with Crippen LogP contribution in [0.3, 0.4) is 0 Å². The fourth-order valence-electron chi connectivity index (χ4n) is 3.15. The Balaban J connectivity index is 1.40. The molecule has 8 nitrogen and oxygen atoms in total. The third kappa shape index (κ3) is 3.70. The summed E-state index contributed by atoms with van der Waals surface area (Å²) in [6, 6.07) is 7.53. The quantitative estimate of drug-likeness (QED) is 0.622. The number of amides is 1. The van der Waals surface area contributed by atoms with Crippen LogP contribution in [0.1, 0.15) is 16.2 Å². The largest absolute Gasteiger partial charge is 0.353 e. The van der Waals surface area contributed by atoms with Crippen molar-refractivity contribution in [3.63, 3.8) is 0 Å². The number of aromatic nitrogens is 4. The molecule has 3 aromatic rings. The summed E-state index contributed by atoms with van der Waals surface area (Å²) in [6.07, 6.45) is 5.39. The first-order valence-electron chi connectivity index (χ1n) is 8.95. The van der Waals surface area contributed by atoms with Gasteiger partial charge in [-0.2, -0.15) is 4.98 Å². The van der Waals surface area contributed by atoms with Gasteiger partial charge in [0.15, 0.2) is 0 Å². The molecule has 0 aliphatic carbocycles. The second-order valence-electron chi connectivity index (χ2n) is 6.38. The van der Waals surface area contributed by atoms with E-state index in [1.165, 1.54) is 11.8 Å². The molecule has 1 aliphatic rings. The summed E-state index contributed by atoms with van der Waals surface area (Å²) in [5.41, 5.74) is 1.48. The molecule has 1 saturated heterocycles. The standard InChI is InChI=1S/C19H20N6O2S/c1-13-22-17(23-27-13)14-5-6-16(21-12-14)24-8-10-25(11-9-24)19(26)15-4-3-7-20-18(15)28-2/h3-7,12H,8-11H2,1-2H3. The van der Waals surface area contributed by atoms with E-state index in [1.807, 2.05) is 29.4 Å². The SMILES string of the molecule is CSc1ncccc1C(=O)N1CCN(c2ccc(-c3noc(C)n3)cn2)CC1. The summed E-state index contributed by atoms with van der Waals surface area (Å²) in [4.78, 5) is 29.9. The Morgan fingerprint density at radius 2 is 1.96 bits per heavy atom. The van der Waals surface area contributed by atoms with Crippen LogP contribution in [-0.2, 0) is 0 Å². The van der Waals surface area contributed by atoms with Gasteiger partial charge in [0.05, 0.1) is 5.56 Å². The second kappa shape index (κ2) is 7.97. The van der Waals surface area contributed by atoms with E-state index >= 15 is 0 Å². The number of nitrogens with zero attached hydrogens (tertiary/aromatic N) is 6. The first kappa shape index (κ1) is 18.4. The van der Waals surface area contributed by atoms with Gasteiger partial charge in [0.1, 0.15) is 10.8 Å². The minimum atomic E-state index is 0.0351. The highest BCUT2D eigenvalue weighted by Crippen LogP contribution is 2.22. The zero-order chi connectivity index (χ0) is 19.5. The van der Waals surface area contributed by atoms with Crippen LogP contribution in [0.5, 0.6) is 0 Å². The highest BCUT2D eigenvalue weighted by atomic mass is 32.2. The van der Waals surface area contributed by atoms with E-state index in [2.05, 4.69) is 25.0 Å². The molecular formula is C19H20N6O2S. The van der Waals surface area contributed by atoms with E-state index in [1.54, 1.807) is 25.4 Å². The molecule has 0 N–H and O–H groups in total. The van der Waals surface area contributed by atoms with Crippen molar-refractivity contribution in [2.75, 3.05) is 37.3 Å². The van der Waals surface area contributed by atoms with Crippen LogP contribution in [0.4, 0.5) is 5.82 Å². The van der Waals surface area contributed by atoms with Crippen molar-refractivity contribution in [1.82, 2.24) is 25.0 Å². The minimum Gasteiger partial charge on any atom is -0.353 e. The van der Waals surface area contributed by atoms with Gasteiger partial charge >= 0.3 is 0 Å². The van der Waals surface area contributed by atoms with Gasteiger partial charge in [-0.3, -0.25) is 4.79 Å². The van der Waals surface area contributed by atoms with Gasteiger partial charge in [-0.15, -0.1) is 11.8 Å². The molecule has 28 heavy (non-hydrogen) atoms. The average molecular weight is 396 g/mol. The highest BCUT2D eigenvalue weighted by Gasteiger charge is 2.24. The molecule has 0 saturated carbocycles. The number of hydrogen-bond donors (Lipinski definition) is 0. The Hall–Kier alpha value is -2.94. The topological polar surface area (TPSA) is 88.3 Å². The van der Waals surface area contributed by atoms with E-state index in [9.17, 15) is 4.79 Å². The van der Waals surface area contributed by atoms with Crippen LogP contribution in [0.2, 0.25) is 0 Å². The lowest BCUT2D eigenvalue weighted by atomic mass is 10.2. The molecule has 0 atom stereocenters. The molecule has 0 bridgehead atoms. The first-order valence-corrected chi connectivity index (χ1v) is 10.2. The number of anilines is 1. The molecule has 0 spiro atoms. The first-order chi connectivity index (χ1) is 13.7. The fraction of sp³-hybridized carbons (Fsp3) is 0.316. The summed E-state index contributed by atoms with van der Waals surface area (Å²) in [5.74, 6) is 1.97. The third-order valence-electron chi connectivity index (χ3n) is 4.62. The Kier molecular flexibility index (Phi) is 5.25. The predicted octanol–water partition coefficient (Wildman–Crippen LogP) is 2.52. The van der Waals surface area contributed by atoms with Crippen LogP contribution >= 0.6 is 11.8 Å². The molecule has 3 aromatic heterocycles. The average Bonchev–Trinajstić information content (AvgIpc) is 3.20. The Morgan fingerprint density at radius 1 is 1.14 bits per heavy atom. The van der Waals surface area contributed by atoms with Gasteiger partial charge in [0.2, 0.25) is 11.7 Å². The van der Waals surface area contributed by atoms with Crippen molar-refractivity contribution < 1.29 is 9.32 Å². The molecule has 9 heteroatoms. The number of aryl methyl sites for hydroxylation is 1. The van der Waals surface area contributed by atoms with Gasteiger partial charge in [-0.05, 0) is 30.5 Å². The molecule has 0 unspecified atom stereocenters. The van der Waals surface area contributed by atoms with Gasteiger partial charge in [0.25, 0.3) is 5.91 Å². The van der Waals surface area contributed by atoms with Crippen molar-refractivity contribution >= 4 is 23.5 Å². The van der Waals surface area contributed by atoms with Crippen LogP contribution in [0.25, 0.3) is 11.4 Å². The van der Waals surface area contributed by atoms with E-state index in [0.717, 1.165) is 29.5 Å². The number of hydrogen-bond acceptors (Lipinski definition) is 8. The van der Waals surface area contributed by atoms with Gasteiger partial charge in [-0.1, -0.05) is 5.16 Å². The summed E-state index contributed by atoms with van der Waals surface area (Å²) < 4.78 is 5.01. The van der Waals surface area contributed by atoms with Crippen molar-refractivity contribution in [2.45, 2.75) is 11.9 Å². The zero-order valence-corrected chi connectivity index (χ0v) is 16.5. The molecule has 0 radical (unpaired) electrons. The third-order valence-corrected chi connectivity index (χ3v) is 5.33. The maximum absolute atomic E-state index is 12.8. The summed E-state index contributed by atoms with van der Waals surface area (Å²) >= 11 is 1.49. The normalized spacial score (nSPS) is 14.4. The Bertz CT molecular complexity index is 967. The van der Waals surface area contributed by atoms with Crippen LogP contribution in [0.15, 0.2) is 46.2 Å². The number of carbonyl (C=O) groups excluding carboxylic acids is 1. The van der Waals surface area contributed by atoms with E-state index in [4.69, 9.17) is 4.52 Å². The van der Waals surface area contributed by atoms with E-state index < -0.39 is 0 Å². The second-order valence-corrected chi connectivity index (χ2v) is 7.18. The molecule has 1 amide bonds. The highest BCUT2D eigenvalue weighted by molar-refractivity contribution is 7.98. The van der Waals surface area contributed by atoms with Gasteiger partial charge in [-0.25, -0.2) is 9.97 Å². The smallest absolute Gasteiger partial charge is 0.256 e. The van der Waals surface area contributed by atoms with Gasteiger partial charge in [0, 0.05) is 51.1 Å². The molecule has 4 heterocycles. The number of thioether (sulfide) groups is 1. The maximum Gasteiger partial charge on any atom is 0.256 e. The van der Waals surface area contributed by atoms with E-state index in [-0.39, 0.29) is 5.91 Å². The lowest BCUT2D eigenvalue weighted by Crippen LogP contribution is -2.49. The Labute approximate surface area is 167 Å².